The minimum Gasteiger partial charge on any atom is -0.383 e. The quantitative estimate of drug-likeness (QED) is 0.773. The van der Waals surface area contributed by atoms with Crippen molar-refractivity contribution in [2.24, 2.45) is 0 Å². The Hall–Kier alpha value is -2.37. The molecule has 6 heteroatoms. The zero-order valence-corrected chi connectivity index (χ0v) is 15.2. The number of rotatable bonds is 6. The molecule has 25 heavy (non-hydrogen) atoms. The molecular weight excluding hydrogens is 340 g/mol. The minimum atomic E-state index is -0.300. The molecule has 2 aromatic rings. The van der Waals surface area contributed by atoms with Crippen molar-refractivity contribution in [2.45, 2.75) is 13.8 Å². The minimum absolute atomic E-state index is 0.274. The van der Waals surface area contributed by atoms with Gasteiger partial charge in [-0.1, -0.05) is 29.8 Å². The van der Waals surface area contributed by atoms with Gasteiger partial charge in [0, 0.05) is 24.2 Å². The van der Waals surface area contributed by atoms with E-state index in [1.54, 1.807) is 25.3 Å². The molecule has 0 atom stereocenters. The fraction of sp³-hybridized carbons (Fsp3) is 0.263. The zero-order valence-electron chi connectivity index (χ0n) is 14.5. The molecule has 0 saturated carbocycles. The Kier molecular flexibility index (Phi) is 6.56. The van der Waals surface area contributed by atoms with E-state index in [2.05, 4.69) is 10.6 Å². The highest BCUT2D eigenvalue weighted by atomic mass is 35.5. The molecule has 0 bridgehead atoms. The van der Waals surface area contributed by atoms with Crippen molar-refractivity contribution in [1.29, 1.82) is 0 Å². The summed E-state index contributed by atoms with van der Waals surface area (Å²) < 4.78 is 4.92. The highest BCUT2D eigenvalue weighted by molar-refractivity contribution is 6.31. The normalized spacial score (nSPS) is 10.4. The molecule has 0 aromatic heterocycles. The van der Waals surface area contributed by atoms with E-state index in [1.807, 2.05) is 32.0 Å². The summed E-state index contributed by atoms with van der Waals surface area (Å²) in [6.07, 6.45) is 0. The number of amides is 2. The number of nitrogens with one attached hydrogen (secondary N) is 2. The molecule has 0 saturated heterocycles. The molecule has 2 N–H and O–H groups in total. The third kappa shape index (κ3) is 4.81. The van der Waals surface area contributed by atoms with E-state index in [0.29, 0.717) is 35.0 Å². The molecule has 0 heterocycles. The number of methoxy groups -OCH3 is 1. The van der Waals surface area contributed by atoms with Crippen molar-refractivity contribution in [3.63, 3.8) is 0 Å². The highest BCUT2D eigenvalue weighted by Crippen LogP contribution is 2.23. The molecule has 2 amide bonds. The highest BCUT2D eigenvalue weighted by Gasteiger charge is 2.17. The molecule has 0 spiro atoms. The Labute approximate surface area is 152 Å². The van der Waals surface area contributed by atoms with Crippen LogP contribution in [0.3, 0.4) is 0 Å². The van der Waals surface area contributed by atoms with Crippen LogP contribution < -0.4 is 10.6 Å². The van der Waals surface area contributed by atoms with E-state index in [9.17, 15) is 9.59 Å². The van der Waals surface area contributed by atoms with Crippen LogP contribution in [0.4, 0.5) is 5.69 Å². The maximum Gasteiger partial charge on any atom is 0.256 e. The number of carbonyl (C=O) groups excluding carboxylic acids is 2. The van der Waals surface area contributed by atoms with Gasteiger partial charge in [-0.15, -0.1) is 0 Å². The number of carbonyl (C=O) groups is 2. The number of aryl methyl sites for hydroxylation is 2. The third-order valence-corrected chi connectivity index (χ3v) is 4.01. The van der Waals surface area contributed by atoms with E-state index in [4.69, 9.17) is 16.3 Å². The first-order chi connectivity index (χ1) is 11.9. The first kappa shape index (κ1) is 19.0. The van der Waals surface area contributed by atoms with Crippen LogP contribution in [0.15, 0.2) is 36.4 Å². The lowest BCUT2D eigenvalue weighted by Crippen LogP contribution is -2.28. The summed E-state index contributed by atoms with van der Waals surface area (Å²) in [7, 11) is 1.56. The number of hydrogen-bond acceptors (Lipinski definition) is 3. The van der Waals surface area contributed by atoms with Crippen LogP contribution in [-0.4, -0.2) is 32.1 Å². The fourth-order valence-electron chi connectivity index (χ4n) is 2.54. The molecule has 0 aliphatic carbocycles. The predicted molar refractivity (Wildman–Crippen MR) is 99.5 cm³/mol. The lowest BCUT2D eigenvalue weighted by atomic mass is 10.0. The lowest BCUT2D eigenvalue weighted by molar-refractivity contribution is 0.0938. The molecule has 0 unspecified atom stereocenters. The molecule has 5 nitrogen and oxygen atoms in total. The maximum atomic E-state index is 12.7. The first-order valence-corrected chi connectivity index (χ1v) is 8.26. The van der Waals surface area contributed by atoms with Crippen molar-refractivity contribution in [3.05, 3.63) is 63.7 Å². The first-order valence-electron chi connectivity index (χ1n) is 7.88. The Bertz CT molecular complexity index is 770. The smallest absolute Gasteiger partial charge is 0.256 e. The Morgan fingerprint density at radius 3 is 2.40 bits per heavy atom. The second-order valence-corrected chi connectivity index (χ2v) is 6.10. The summed E-state index contributed by atoms with van der Waals surface area (Å²) in [6.45, 7) is 4.53. The summed E-state index contributed by atoms with van der Waals surface area (Å²) in [5.74, 6) is -0.575. The molecular formula is C19H21ClN2O3. The number of hydrogen-bond donors (Lipinski definition) is 2. The SMILES string of the molecule is COCCNC(=O)c1ccc(Cl)cc1NC(=O)c1c(C)cccc1C. The van der Waals surface area contributed by atoms with Crippen LogP contribution in [0.25, 0.3) is 0 Å². The Morgan fingerprint density at radius 1 is 1.08 bits per heavy atom. The van der Waals surface area contributed by atoms with Gasteiger partial charge < -0.3 is 15.4 Å². The maximum absolute atomic E-state index is 12.7. The summed E-state index contributed by atoms with van der Waals surface area (Å²) in [5, 5.41) is 5.98. The standard InChI is InChI=1S/C19H21ClN2O3/c1-12-5-4-6-13(2)17(12)19(24)22-16-11-14(20)7-8-15(16)18(23)21-9-10-25-3/h4-8,11H,9-10H2,1-3H3,(H,21,23)(H,22,24). The average molecular weight is 361 g/mol. The number of anilines is 1. The molecule has 0 radical (unpaired) electrons. The number of benzene rings is 2. The van der Waals surface area contributed by atoms with E-state index >= 15 is 0 Å². The van der Waals surface area contributed by atoms with Crippen molar-refractivity contribution >= 4 is 29.1 Å². The monoisotopic (exact) mass is 360 g/mol. The van der Waals surface area contributed by atoms with Gasteiger partial charge in [0.05, 0.1) is 17.9 Å². The fourth-order valence-corrected chi connectivity index (χ4v) is 2.71. The molecule has 2 aromatic carbocycles. The van der Waals surface area contributed by atoms with Crippen molar-refractivity contribution in [2.75, 3.05) is 25.6 Å². The van der Waals surface area contributed by atoms with E-state index in [0.717, 1.165) is 11.1 Å². The predicted octanol–water partition coefficient (Wildman–Crippen LogP) is 3.59. The van der Waals surface area contributed by atoms with Crippen molar-refractivity contribution in [3.8, 4) is 0 Å². The van der Waals surface area contributed by atoms with E-state index < -0.39 is 0 Å². The van der Waals surface area contributed by atoms with Gasteiger partial charge in [0.1, 0.15) is 0 Å². The largest absolute Gasteiger partial charge is 0.383 e. The number of ether oxygens (including phenoxy) is 1. The van der Waals surface area contributed by atoms with Crippen LogP contribution in [0, 0.1) is 13.8 Å². The molecule has 0 fully saturated rings. The van der Waals surface area contributed by atoms with Crippen molar-refractivity contribution < 1.29 is 14.3 Å². The Morgan fingerprint density at radius 2 is 1.76 bits per heavy atom. The topological polar surface area (TPSA) is 67.4 Å². The van der Waals surface area contributed by atoms with Crippen molar-refractivity contribution in [1.82, 2.24) is 5.32 Å². The van der Waals surface area contributed by atoms with Crippen LogP contribution in [0.1, 0.15) is 31.8 Å². The van der Waals surface area contributed by atoms with Gasteiger partial charge in [0.25, 0.3) is 11.8 Å². The summed E-state index contributed by atoms with van der Waals surface area (Å²) >= 11 is 6.04. The third-order valence-electron chi connectivity index (χ3n) is 3.77. The van der Waals surface area contributed by atoms with E-state index in [-0.39, 0.29) is 11.8 Å². The van der Waals surface area contributed by atoms with Gasteiger partial charge >= 0.3 is 0 Å². The molecule has 0 aliphatic heterocycles. The van der Waals surface area contributed by atoms with Gasteiger partial charge in [-0.05, 0) is 43.2 Å². The molecule has 132 valence electrons. The Balaban J connectivity index is 2.28. The van der Waals surface area contributed by atoms with Crippen LogP contribution >= 0.6 is 11.6 Å². The van der Waals surface area contributed by atoms with Gasteiger partial charge in [0.2, 0.25) is 0 Å². The molecule has 2 rings (SSSR count). The second kappa shape index (κ2) is 8.65. The summed E-state index contributed by atoms with van der Waals surface area (Å²) in [5.41, 5.74) is 3.04. The van der Waals surface area contributed by atoms with Gasteiger partial charge in [-0.25, -0.2) is 0 Å². The zero-order chi connectivity index (χ0) is 18.4. The summed E-state index contributed by atoms with van der Waals surface area (Å²) in [6, 6.07) is 10.4. The summed E-state index contributed by atoms with van der Waals surface area (Å²) in [4.78, 5) is 25.0. The average Bonchev–Trinajstić information content (AvgIpc) is 2.55. The molecule has 0 aliphatic rings. The second-order valence-electron chi connectivity index (χ2n) is 5.66. The van der Waals surface area contributed by atoms with E-state index in [1.165, 1.54) is 0 Å². The van der Waals surface area contributed by atoms with Crippen LogP contribution in [-0.2, 0) is 4.74 Å². The van der Waals surface area contributed by atoms with Crippen LogP contribution in [0.5, 0.6) is 0 Å². The van der Waals surface area contributed by atoms with Gasteiger partial charge in [-0.2, -0.15) is 0 Å². The lowest BCUT2D eigenvalue weighted by Gasteiger charge is -2.14. The van der Waals surface area contributed by atoms with Crippen LogP contribution in [0.2, 0.25) is 5.02 Å². The van der Waals surface area contributed by atoms with Gasteiger partial charge in [-0.3, -0.25) is 9.59 Å². The number of halogens is 1. The van der Waals surface area contributed by atoms with Gasteiger partial charge in [0.15, 0.2) is 0 Å².